The fraction of sp³-hybridized carbons (Fsp3) is 0.417. The van der Waals surface area contributed by atoms with Crippen molar-refractivity contribution in [3.63, 3.8) is 0 Å². The number of hydrogen-bond acceptors (Lipinski definition) is 2. The topological polar surface area (TPSA) is 41.1 Å². The van der Waals surface area contributed by atoms with Gasteiger partial charge in [-0.2, -0.15) is 13.2 Å². The Morgan fingerprint density at radius 1 is 1.26 bits per heavy atom. The summed E-state index contributed by atoms with van der Waals surface area (Å²) in [6.07, 6.45) is -4.24. The van der Waals surface area contributed by atoms with Crippen LogP contribution in [-0.2, 0) is 4.79 Å². The van der Waals surface area contributed by atoms with Gasteiger partial charge in [0, 0.05) is 10.2 Å². The van der Waals surface area contributed by atoms with Crippen LogP contribution in [0.5, 0.6) is 0 Å². The van der Waals surface area contributed by atoms with Crippen LogP contribution in [0.2, 0.25) is 0 Å². The van der Waals surface area contributed by atoms with Crippen LogP contribution in [0.15, 0.2) is 28.7 Å². The van der Waals surface area contributed by atoms with Crippen molar-refractivity contribution in [2.24, 2.45) is 0 Å². The third kappa shape index (κ3) is 3.48. The van der Waals surface area contributed by atoms with E-state index in [-0.39, 0.29) is 19.4 Å². The van der Waals surface area contributed by atoms with Gasteiger partial charge < -0.3 is 5.32 Å². The first-order valence-corrected chi connectivity index (χ1v) is 6.49. The lowest BCUT2D eigenvalue weighted by Gasteiger charge is -2.20. The standard InChI is InChI=1S/C12H12BrF3N2O/c13-8-1-3-9(4-2-8)18-10(19)7-17-11(5-6-11)12(14,15)16/h1-4,17H,5-7H2,(H,18,19). The molecule has 0 bridgehead atoms. The Bertz CT molecular complexity index is 469. The minimum absolute atomic E-state index is 0.0298. The van der Waals surface area contributed by atoms with Gasteiger partial charge in [0.05, 0.1) is 6.54 Å². The molecule has 0 aromatic heterocycles. The fourth-order valence-electron chi connectivity index (χ4n) is 1.67. The first kappa shape index (κ1) is 14.3. The maximum Gasteiger partial charge on any atom is 0.406 e. The summed E-state index contributed by atoms with van der Waals surface area (Å²) >= 11 is 3.25. The van der Waals surface area contributed by atoms with Crippen LogP contribution in [0.25, 0.3) is 0 Å². The van der Waals surface area contributed by atoms with Gasteiger partial charge in [0.15, 0.2) is 0 Å². The highest BCUT2D eigenvalue weighted by Crippen LogP contribution is 2.48. The number of anilines is 1. The van der Waals surface area contributed by atoms with Gasteiger partial charge in [0.25, 0.3) is 0 Å². The quantitative estimate of drug-likeness (QED) is 0.887. The van der Waals surface area contributed by atoms with Gasteiger partial charge in [-0.1, -0.05) is 15.9 Å². The maximum absolute atomic E-state index is 12.6. The van der Waals surface area contributed by atoms with Gasteiger partial charge in [-0.25, -0.2) is 0 Å². The molecule has 1 aliphatic carbocycles. The lowest BCUT2D eigenvalue weighted by Crippen LogP contribution is -2.47. The molecule has 1 saturated carbocycles. The molecule has 1 aromatic carbocycles. The monoisotopic (exact) mass is 336 g/mol. The second-order valence-electron chi connectivity index (χ2n) is 4.49. The predicted molar refractivity (Wildman–Crippen MR) is 68.8 cm³/mol. The van der Waals surface area contributed by atoms with Crippen LogP contribution < -0.4 is 10.6 Å². The summed E-state index contributed by atoms with van der Waals surface area (Å²) in [5.74, 6) is -0.488. The minimum atomic E-state index is -4.30. The predicted octanol–water partition coefficient (Wildman–Crippen LogP) is 3.07. The summed E-state index contributed by atoms with van der Waals surface area (Å²) in [6, 6.07) is 6.81. The van der Waals surface area contributed by atoms with Crippen molar-refractivity contribution < 1.29 is 18.0 Å². The van der Waals surface area contributed by atoms with Crippen LogP contribution >= 0.6 is 15.9 Å². The van der Waals surface area contributed by atoms with E-state index in [1.54, 1.807) is 24.3 Å². The Morgan fingerprint density at radius 2 is 1.84 bits per heavy atom. The average Bonchev–Trinajstić information content (AvgIpc) is 3.10. The van der Waals surface area contributed by atoms with Crippen molar-refractivity contribution >= 4 is 27.5 Å². The molecule has 0 aliphatic heterocycles. The highest BCUT2D eigenvalue weighted by Gasteiger charge is 2.63. The van der Waals surface area contributed by atoms with E-state index in [0.29, 0.717) is 5.69 Å². The number of carbonyl (C=O) groups excluding carboxylic acids is 1. The molecule has 0 heterocycles. The summed E-state index contributed by atoms with van der Waals surface area (Å²) in [6.45, 7) is -0.352. The Kier molecular flexibility index (Phi) is 3.87. The summed E-state index contributed by atoms with van der Waals surface area (Å²) in [5.41, 5.74) is -1.31. The molecule has 0 spiro atoms. The van der Waals surface area contributed by atoms with Crippen molar-refractivity contribution in [2.75, 3.05) is 11.9 Å². The van der Waals surface area contributed by atoms with Crippen molar-refractivity contribution in [1.82, 2.24) is 5.32 Å². The Morgan fingerprint density at radius 3 is 2.32 bits per heavy atom. The van der Waals surface area contributed by atoms with Crippen LogP contribution in [-0.4, -0.2) is 24.2 Å². The number of rotatable bonds is 4. The molecule has 2 rings (SSSR count). The van der Waals surface area contributed by atoms with Gasteiger partial charge in [0.1, 0.15) is 5.54 Å². The molecule has 19 heavy (non-hydrogen) atoms. The van der Waals surface area contributed by atoms with Crippen molar-refractivity contribution in [2.45, 2.75) is 24.6 Å². The maximum atomic E-state index is 12.6. The molecule has 104 valence electrons. The van der Waals surface area contributed by atoms with Crippen LogP contribution in [0, 0.1) is 0 Å². The molecule has 3 nitrogen and oxygen atoms in total. The second kappa shape index (κ2) is 5.13. The summed E-state index contributed by atoms with van der Waals surface area (Å²) in [4.78, 5) is 11.5. The Hall–Kier alpha value is -1.08. The largest absolute Gasteiger partial charge is 0.406 e. The molecule has 0 atom stereocenters. The van der Waals surface area contributed by atoms with Crippen LogP contribution in [0.1, 0.15) is 12.8 Å². The Balaban J connectivity index is 1.84. The van der Waals surface area contributed by atoms with E-state index in [1.165, 1.54) is 0 Å². The number of amides is 1. The third-order valence-corrected chi connectivity index (χ3v) is 3.54. The zero-order chi connectivity index (χ0) is 14.1. The van der Waals surface area contributed by atoms with Crippen molar-refractivity contribution in [3.8, 4) is 0 Å². The summed E-state index contributed by atoms with van der Waals surface area (Å²) in [5, 5.41) is 4.83. The minimum Gasteiger partial charge on any atom is -0.325 e. The number of nitrogens with one attached hydrogen (secondary N) is 2. The van der Waals surface area contributed by atoms with Gasteiger partial charge >= 0.3 is 6.18 Å². The number of benzene rings is 1. The summed E-state index contributed by atoms with van der Waals surface area (Å²) < 4.78 is 38.7. The zero-order valence-electron chi connectivity index (χ0n) is 9.85. The lowest BCUT2D eigenvalue weighted by atomic mass is 10.2. The molecule has 0 saturated heterocycles. The first-order valence-electron chi connectivity index (χ1n) is 5.70. The molecule has 1 aliphatic rings. The van der Waals surface area contributed by atoms with E-state index >= 15 is 0 Å². The van der Waals surface area contributed by atoms with Crippen molar-refractivity contribution in [3.05, 3.63) is 28.7 Å². The van der Waals surface area contributed by atoms with E-state index < -0.39 is 17.6 Å². The van der Waals surface area contributed by atoms with E-state index in [9.17, 15) is 18.0 Å². The molecular weight excluding hydrogens is 325 g/mol. The average molecular weight is 337 g/mol. The second-order valence-corrected chi connectivity index (χ2v) is 5.40. The number of alkyl halides is 3. The fourth-order valence-corrected chi connectivity index (χ4v) is 1.94. The van der Waals surface area contributed by atoms with Gasteiger partial charge in [-0.05, 0) is 37.1 Å². The van der Waals surface area contributed by atoms with Gasteiger partial charge in [0.2, 0.25) is 5.91 Å². The molecule has 7 heteroatoms. The highest BCUT2D eigenvalue weighted by molar-refractivity contribution is 9.10. The van der Waals surface area contributed by atoms with Gasteiger partial charge in [-0.3, -0.25) is 10.1 Å². The number of halogens is 4. The van der Waals surface area contributed by atoms with E-state index in [1.807, 2.05) is 0 Å². The van der Waals surface area contributed by atoms with Gasteiger partial charge in [-0.15, -0.1) is 0 Å². The summed E-state index contributed by atoms with van der Waals surface area (Å²) in [7, 11) is 0. The first-order chi connectivity index (χ1) is 8.82. The number of hydrogen-bond donors (Lipinski definition) is 2. The molecule has 2 N–H and O–H groups in total. The third-order valence-electron chi connectivity index (χ3n) is 3.01. The number of carbonyl (C=O) groups is 1. The molecule has 0 radical (unpaired) electrons. The van der Waals surface area contributed by atoms with E-state index in [0.717, 1.165) is 4.47 Å². The van der Waals surface area contributed by atoms with Crippen LogP contribution in [0.3, 0.4) is 0 Å². The highest BCUT2D eigenvalue weighted by atomic mass is 79.9. The van der Waals surface area contributed by atoms with E-state index in [4.69, 9.17) is 0 Å². The molecule has 1 aromatic rings. The Labute approximate surface area is 116 Å². The van der Waals surface area contributed by atoms with E-state index in [2.05, 4.69) is 26.6 Å². The molecular formula is C12H12BrF3N2O. The smallest absolute Gasteiger partial charge is 0.325 e. The lowest BCUT2D eigenvalue weighted by molar-refractivity contribution is -0.165. The zero-order valence-corrected chi connectivity index (χ0v) is 11.4. The SMILES string of the molecule is O=C(CNC1(C(F)(F)F)CC1)Nc1ccc(Br)cc1. The molecule has 1 fully saturated rings. The molecule has 1 amide bonds. The normalized spacial score (nSPS) is 17.1. The van der Waals surface area contributed by atoms with Crippen LogP contribution in [0.4, 0.5) is 18.9 Å². The molecule has 0 unspecified atom stereocenters. The van der Waals surface area contributed by atoms with Crippen molar-refractivity contribution in [1.29, 1.82) is 0 Å².